The molecule has 1 amide bonds. The monoisotopic (exact) mass is 339 g/mol. The number of pyridine rings is 1. The van der Waals surface area contributed by atoms with Crippen molar-refractivity contribution < 1.29 is 9.32 Å². The lowest BCUT2D eigenvalue weighted by Crippen LogP contribution is -2.36. The molecule has 2 aliphatic rings. The summed E-state index contributed by atoms with van der Waals surface area (Å²) in [5, 5.41) is 4.13. The van der Waals surface area contributed by atoms with Crippen molar-refractivity contribution in [1.82, 2.24) is 15.0 Å². The van der Waals surface area contributed by atoms with Crippen LogP contribution in [0, 0.1) is 6.92 Å². The zero-order chi connectivity index (χ0) is 17.2. The fraction of sp³-hybridized carbons (Fsp3) is 0.550. The molecule has 4 rings (SSSR count). The second-order valence-corrected chi connectivity index (χ2v) is 7.28. The number of hydrogen-bond donors (Lipinski definition) is 0. The molecule has 1 aliphatic heterocycles. The summed E-state index contributed by atoms with van der Waals surface area (Å²) in [5.41, 5.74) is 3.98. The van der Waals surface area contributed by atoms with E-state index in [1.165, 1.54) is 5.56 Å². The summed E-state index contributed by atoms with van der Waals surface area (Å²) >= 11 is 0. The Hall–Kier alpha value is -2.17. The minimum Gasteiger partial charge on any atom is -0.360 e. The molecule has 3 heterocycles. The lowest BCUT2D eigenvalue weighted by atomic mass is 9.96. The molecule has 0 N–H and O–H groups in total. The van der Waals surface area contributed by atoms with E-state index in [4.69, 9.17) is 4.52 Å². The summed E-state index contributed by atoms with van der Waals surface area (Å²) < 4.78 is 5.44. The van der Waals surface area contributed by atoms with E-state index in [2.05, 4.69) is 22.3 Å². The van der Waals surface area contributed by atoms with Crippen LogP contribution in [0.1, 0.15) is 65.2 Å². The number of amides is 1. The minimum atomic E-state index is 0.0697. The first-order chi connectivity index (χ1) is 12.2. The van der Waals surface area contributed by atoms with Gasteiger partial charge in [-0.3, -0.25) is 9.78 Å². The van der Waals surface area contributed by atoms with Crippen LogP contribution in [0.3, 0.4) is 0 Å². The summed E-state index contributed by atoms with van der Waals surface area (Å²) in [6.07, 6.45) is 10.1. The smallest absolute Gasteiger partial charge is 0.276 e. The van der Waals surface area contributed by atoms with Crippen molar-refractivity contribution in [3.8, 4) is 0 Å². The Morgan fingerprint density at radius 1 is 1.32 bits per heavy atom. The maximum atomic E-state index is 13.0. The van der Waals surface area contributed by atoms with Crippen LogP contribution in [0.25, 0.3) is 0 Å². The van der Waals surface area contributed by atoms with Crippen LogP contribution < -0.4 is 0 Å². The van der Waals surface area contributed by atoms with Gasteiger partial charge in [-0.15, -0.1) is 0 Å². The number of carbonyl (C=O) groups excluding carboxylic acids is 1. The number of carbonyl (C=O) groups is 1. The van der Waals surface area contributed by atoms with Gasteiger partial charge in [0.05, 0.1) is 0 Å². The first-order valence-electron chi connectivity index (χ1n) is 9.42. The van der Waals surface area contributed by atoms with Crippen molar-refractivity contribution in [2.45, 2.75) is 64.3 Å². The molecule has 0 radical (unpaired) electrons. The summed E-state index contributed by atoms with van der Waals surface area (Å²) in [5.74, 6) is 0.998. The molecule has 132 valence electrons. The molecule has 0 bridgehead atoms. The maximum Gasteiger partial charge on any atom is 0.276 e. The largest absolute Gasteiger partial charge is 0.360 e. The highest BCUT2D eigenvalue weighted by Gasteiger charge is 2.33. The molecule has 0 unspecified atom stereocenters. The van der Waals surface area contributed by atoms with Gasteiger partial charge in [0, 0.05) is 36.5 Å². The predicted octanol–water partition coefficient (Wildman–Crippen LogP) is 3.49. The van der Waals surface area contributed by atoms with Crippen LogP contribution in [0.4, 0.5) is 0 Å². The number of nitrogens with zero attached hydrogens (tertiary/aromatic N) is 3. The number of hydrogen-bond acceptors (Lipinski definition) is 4. The van der Waals surface area contributed by atoms with Crippen molar-refractivity contribution in [2.75, 3.05) is 6.54 Å². The quantitative estimate of drug-likeness (QED) is 0.855. The van der Waals surface area contributed by atoms with Gasteiger partial charge in [0.1, 0.15) is 5.76 Å². The van der Waals surface area contributed by atoms with Crippen LogP contribution >= 0.6 is 0 Å². The van der Waals surface area contributed by atoms with Gasteiger partial charge in [-0.1, -0.05) is 5.16 Å². The summed E-state index contributed by atoms with van der Waals surface area (Å²) in [4.78, 5) is 19.3. The fourth-order valence-electron chi connectivity index (χ4n) is 4.19. The molecule has 1 fully saturated rings. The second kappa shape index (κ2) is 6.98. The van der Waals surface area contributed by atoms with Crippen LogP contribution in [-0.2, 0) is 19.3 Å². The molecule has 5 heteroatoms. The molecule has 2 aromatic rings. The first kappa shape index (κ1) is 16.3. The van der Waals surface area contributed by atoms with E-state index in [0.29, 0.717) is 11.7 Å². The Bertz CT molecular complexity index is 768. The van der Waals surface area contributed by atoms with Crippen LogP contribution in [-0.4, -0.2) is 33.5 Å². The Balaban J connectivity index is 1.46. The van der Waals surface area contributed by atoms with E-state index in [1.54, 1.807) is 0 Å². The van der Waals surface area contributed by atoms with E-state index < -0.39 is 0 Å². The van der Waals surface area contributed by atoms with E-state index in [-0.39, 0.29) is 5.91 Å². The molecule has 1 aliphatic carbocycles. The van der Waals surface area contributed by atoms with Crippen LogP contribution in [0.15, 0.2) is 22.9 Å². The highest BCUT2D eigenvalue weighted by Crippen LogP contribution is 2.28. The Morgan fingerprint density at radius 2 is 2.20 bits per heavy atom. The topological polar surface area (TPSA) is 59.2 Å². The number of fused-ring (bicyclic) bond motifs is 1. The van der Waals surface area contributed by atoms with E-state index in [0.717, 1.165) is 74.9 Å². The first-order valence-corrected chi connectivity index (χ1v) is 9.42. The SMILES string of the molecule is Cc1cc(CC[C@H]2CCCN2C(=O)c2noc3c2CCCC3)ccn1. The molecule has 1 saturated heterocycles. The molecular weight excluding hydrogens is 314 g/mol. The number of rotatable bonds is 4. The number of aromatic nitrogens is 2. The summed E-state index contributed by atoms with van der Waals surface area (Å²) in [6, 6.07) is 4.51. The highest BCUT2D eigenvalue weighted by molar-refractivity contribution is 5.94. The Labute approximate surface area is 148 Å². The Kier molecular flexibility index (Phi) is 4.55. The highest BCUT2D eigenvalue weighted by atomic mass is 16.5. The third-order valence-electron chi connectivity index (χ3n) is 5.52. The zero-order valence-electron chi connectivity index (χ0n) is 14.8. The third-order valence-corrected chi connectivity index (χ3v) is 5.52. The van der Waals surface area contributed by atoms with Crippen molar-refractivity contribution in [3.63, 3.8) is 0 Å². The molecule has 0 saturated carbocycles. The third kappa shape index (κ3) is 3.32. The van der Waals surface area contributed by atoms with E-state index in [1.807, 2.05) is 18.0 Å². The van der Waals surface area contributed by atoms with E-state index in [9.17, 15) is 4.79 Å². The molecule has 1 atom stereocenters. The average Bonchev–Trinajstić information content (AvgIpc) is 3.26. The average molecular weight is 339 g/mol. The summed E-state index contributed by atoms with van der Waals surface area (Å²) in [7, 11) is 0. The van der Waals surface area contributed by atoms with Gasteiger partial charge in [0.2, 0.25) is 0 Å². The van der Waals surface area contributed by atoms with Gasteiger partial charge in [0.15, 0.2) is 5.69 Å². The van der Waals surface area contributed by atoms with Gasteiger partial charge in [0.25, 0.3) is 5.91 Å². The van der Waals surface area contributed by atoms with Crippen molar-refractivity contribution in [2.24, 2.45) is 0 Å². The normalized spacial score (nSPS) is 19.9. The van der Waals surface area contributed by atoms with Crippen molar-refractivity contribution in [1.29, 1.82) is 0 Å². The lowest BCUT2D eigenvalue weighted by Gasteiger charge is -2.24. The molecule has 25 heavy (non-hydrogen) atoms. The standard InChI is InChI=1S/C20H25N3O2/c1-14-13-15(10-11-21-14)8-9-16-5-4-12-23(16)20(24)19-17-6-2-3-7-18(17)25-22-19/h10-11,13,16H,2-9,12H2,1H3/t16-/m1/s1. The van der Waals surface area contributed by atoms with Gasteiger partial charge < -0.3 is 9.42 Å². The number of likely N-dealkylation sites (tertiary alicyclic amines) is 1. The van der Waals surface area contributed by atoms with Crippen LogP contribution in [0.5, 0.6) is 0 Å². The number of aryl methyl sites for hydroxylation is 3. The molecule has 0 spiro atoms. The zero-order valence-corrected chi connectivity index (χ0v) is 14.8. The molecule has 0 aromatic carbocycles. The molecule has 2 aromatic heterocycles. The lowest BCUT2D eigenvalue weighted by molar-refractivity contribution is 0.0719. The Morgan fingerprint density at radius 3 is 3.08 bits per heavy atom. The molecular formula is C20H25N3O2. The van der Waals surface area contributed by atoms with Crippen molar-refractivity contribution in [3.05, 3.63) is 46.6 Å². The van der Waals surface area contributed by atoms with Crippen LogP contribution in [0.2, 0.25) is 0 Å². The van der Waals surface area contributed by atoms with E-state index >= 15 is 0 Å². The predicted molar refractivity (Wildman–Crippen MR) is 94.5 cm³/mol. The van der Waals surface area contributed by atoms with Crippen molar-refractivity contribution >= 4 is 5.91 Å². The minimum absolute atomic E-state index is 0.0697. The maximum absolute atomic E-state index is 13.0. The van der Waals surface area contributed by atoms with Gasteiger partial charge in [-0.05, 0) is 69.6 Å². The summed E-state index contributed by atoms with van der Waals surface area (Å²) in [6.45, 7) is 2.85. The second-order valence-electron chi connectivity index (χ2n) is 7.28. The van der Waals surface area contributed by atoms with Gasteiger partial charge in [-0.2, -0.15) is 0 Å². The van der Waals surface area contributed by atoms with Gasteiger partial charge >= 0.3 is 0 Å². The van der Waals surface area contributed by atoms with Gasteiger partial charge in [-0.25, -0.2) is 0 Å². The fourth-order valence-corrected chi connectivity index (χ4v) is 4.19. The molecule has 5 nitrogen and oxygen atoms in total.